The summed E-state index contributed by atoms with van der Waals surface area (Å²) in [6.07, 6.45) is 0. The first kappa shape index (κ1) is 22.3. The topological polar surface area (TPSA) is 17.1 Å². The average Bonchev–Trinajstić information content (AvgIpc) is 1.00. The van der Waals surface area contributed by atoms with Crippen LogP contribution in [0.5, 0.6) is 0 Å². The monoisotopic (exact) mass is 86.0 g/mol. The fourth-order valence-electron chi connectivity index (χ4n) is 0. The predicted octanol–water partition coefficient (Wildman–Crippen LogP) is -0.287. The molecule has 0 aliphatic heterocycles. The molecule has 1 nitrogen and oxygen atoms in total. The van der Waals surface area contributed by atoms with Crippen molar-refractivity contribution in [2.24, 2.45) is 0 Å². The molecule has 0 saturated carbocycles. The van der Waals surface area contributed by atoms with E-state index in [0.29, 0.717) is 0 Å². The van der Waals surface area contributed by atoms with Crippen LogP contribution in [0.4, 0.5) is 0 Å². The molecule has 4 heavy (non-hydrogen) atoms. The molecular weight excluding hydrogens is 84.8 g/mol. The Morgan fingerprint density at radius 2 is 1.25 bits per heavy atom. The Balaban J connectivity index is -0.00000000500. The van der Waals surface area contributed by atoms with E-state index in [9.17, 15) is 0 Å². The summed E-state index contributed by atoms with van der Waals surface area (Å²) in [5.74, 6) is 0. The van der Waals surface area contributed by atoms with Gasteiger partial charge in [0.15, 0.2) is 0 Å². The molecule has 0 aromatic rings. The molecule has 0 unspecified atom stereocenters. The lowest BCUT2D eigenvalue weighted by molar-refractivity contribution is 0.607. The minimum absolute atomic E-state index is 0. The fourth-order valence-corrected chi connectivity index (χ4v) is 0. The summed E-state index contributed by atoms with van der Waals surface area (Å²) >= 11 is 0. The van der Waals surface area contributed by atoms with Crippen LogP contribution in [0.15, 0.2) is 0 Å². The van der Waals surface area contributed by atoms with E-state index >= 15 is 0 Å². The van der Waals surface area contributed by atoms with E-state index in [2.05, 4.69) is 0 Å². The number of hydrogen-bond donors (Lipinski definition) is 0. The minimum Gasteiger partial charge on any atom is -0.279 e. The molecule has 4 heteroatoms. The summed E-state index contributed by atoms with van der Waals surface area (Å²) in [6, 6.07) is 0. The molecule has 0 fully saturated rings. The Kier molecular flexibility index (Phi) is 308. The van der Waals surface area contributed by atoms with Crippen molar-refractivity contribution in [3.63, 3.8) is 0 Å². The average molecular weight is 85.8 g/mol. The van der Waals surface area contributed by atoms with Crippen molar-refractivity contribution >= 4 is 34.9 Å². The van der Waals surface area contributed by atoms with Gasteiger partial charge in [-0.3, -0.25) is 4.57 Å². The lowest BCUT2D eigenvalue weighted by Crippen LogP contribution is -0.489. The van der Waals surface area contributed by atoms with Crippen molar-refractivity contribution in [2.75, 3.05) is 0 Å². The number of rotatable bonds is 0. The van der Waals surface area contributed by atoms with Crippen LogP contribution < -0.4 is 0 Å². The zero-order chi connectivity index (χ0) is 2.00. The molecule has 0 saturated heterocycles. The SMILES string of the molecule is O=P.[Al].[B]. The van der Waals surface area contributed by atoms with E-state index in [1.54, 1.807) is 9.12 Å². The van der Waals surface area contributed by atoms with Gasteiger partial charge in [0.2, 0.25) is 0 Å². The second-order valence-electron chi connectivity index (χ2n) is 0. The van der Waals surface area contributed by atoms with Gasteiger partial charge in [-0.25, -0.2) is 0 Å². The highest BCUT2D eigenvalue weighted by Gasteiger charge is 0.667. The molecule has 0 aliphatic rings. The van der Waals surface area contributed by atoms with E-state index in [4.69, 9.17) is 4.57 Å². The Morgan fingerprint density at radius 3 is 1.25 bits per heavy atom. The van der Waals surface area contributed by atoms with Crippen LogP contribution in [0.1, 0.15) is 0 Å². The summed E-state index contributed by atoms with van der Waals surface area (Å²) in [4.78, 5) is 0. The molecule has 0 rings (SSSR count). The van der Waals surface area contributed by atoms with Crippen LogP contribution in [0, 0.1) is 0 Å². The fraction of sp³-hybridized carbons (Fsp3) is 0. The molecule has 0 aromatic carbocycles. The first-order valence-electron chi connectivity index (χ1n) is 0.204. The van der Waals surface area contributed by atoms with Gasteiger partial charge in [0.05, 0.1) is 0 Å². The van der Waals surface area contributed by atoms with E-state index in [1.807, 2.05) is 0 Å². The Morgan fingerprint density at radius 1 is 1.25 bits per heavy atom. The number of hydrogen-bond acceptors (Lipinski definition) is 1. The molecule has 0 heterocycles. The summed E-state index contributed by atoms with van der Waals surface area (Å²) in [5.41, 5.74) is 0. The third kappa shape index (κ3) is 16.0. The van der Waals surface area contributed by atoms with Crippen molar-refractivity contribution < 1.29 is 4.57 Å². The maximum Gasteiger partial charge on any atom is 0.138 e. The maximum absolute atomic E-state index is 8.06. The first-order chi connectivity index (χ1) is 1.00. The van der Waals surface area contributed by atoms with Gasteiger partial charge in [0, 0.05) is 25.8 Å². The van der Waals surface area contributed by atoms with Gasteiger partial charge in [-0.15, -0.1) is 0 Å². The van der Waals surface area contributed by atoms with Gasteiger partial charge in [0.1, 0.15) is 9.12 Å². The van der Waals surface area contributed by atoms with Gasteiger partial charge in [-0.05, 0) is 0 Å². The van der Waals surface area contributed by atoms with Crippen LogP contribution in [0.25, 0.3) is 0 Å². The smallest absolute Gasteiger partial charge is 0.138 e. The van der Waals surface area contributed by atoms with Gasteiger partial charge in [0.25, 0.3) is 0 Å². The summed E-state index contributed by atoms with van der Waals surface area (Å²) < 4.78 is 8.06. The molecule has 0 spiro atoms. The highest BCUT2D eigenvalue weighted by Crippen LogP contribution is 1.23. The Hall–Kier alpha value is 0.697. The normalized spacial score (nSPS) is 1.00. The molecule has 0 N–H and O–H groups in total. The quantitative estimate of drug-likeness (QED) is 0.292. The zero-order valence-electron chi connectivity index (χ0n) is 2.06. The third-order valence-corrected chi connectivity index (χ3v) is 0. The second kappa shape index (κ2) is 55.3. The van der Waals surface area contributed by atoms with Crippen LogP contribution in [-0.4, -0.2) is 25.8 Å². The van der Waals surface area contributed by atoms with Crippen molar-refractivity contribution in [1.82, 2.24) is 0 Å². The van der Waals surface area contributed by atoms with Crippen LogP contribution in [-0.2, 0) is 4.57 Å². The van der Waals surface area contributed by atoms with E-state index in [-0.39, 0.29) is 25.8 Å². The summed E-state index contributed by atoms with van der Waals surface area (Å²) in [5, 5.41) is 0. The van der Waals surface area contributed by atoms with Crippen LogP contribution >= 0.6 is 9.12 Å². The highest BCUT2D eigenvalue weighted by molar-refractivity contribution is 7.00. The molecule has 0 amide bonds. The minimum atomic E-state index is 0. The Labute approximate surface area is 40.1 Å². The summed E-state index contributed by atoms with van der Waals surface area (Å²) in [7, 11) is 1.72. The maximum atomic E-state index is 8.06. The van der Waals surface area contributed by atoms with Gasteiger partial charge in [-0.1, -0.05) is 0 Å². The molecule has 0 aromatic heterocycles. The predicted molar refractivity (Wildman–Crippen MR) is 20.5 cm³/mol. The van der Waals surface area contributed by atoms with Crippen molar-refractivity contribution in [2.45, 2.75) is 0 Å². The van der Waals surface area contributed by atoms with Crippen LogP contribution in [0.3, 0.4) is 0 Å². The van der Waals surface area contributed by atoms with Crippen molar-refractivity contribution in [3.05, 3.63) is 0 Å². The second-order valence-corrected chi connectivity index (χ2v) is 0. The highest BCUT2D eigenvalue weighted by atomic mass is 31.0. The van der Waals surface area contributed by atoms with Gasteiger partial charge < -0.3 is 0 Å². The largest absolute Gasteiger partial charge is 0.279 e. The zero-order valence-corrected chi connectivity index (χ0v) is 4.22. The molecule has 0 aliphatic carbocycles. The van der Waals surface area contributed by atoms with E-state index in [1.165, 1.54) is 0 Å². The molecule has 0 atom stereocenters. The Bertz CT molecular complexity index is 8.00. The van der Waals surface area contributed by atoms with Gasteiger partial charge >= 0.3 is 0 Å². The molecule has 18 valence electrons. The van der Waals surface area contributed by atoms with Crippen molar-refractivity contribution in [3.8, 4) is 0 Å². The molecular formula is HAlBOP. The molecule has 0 bridgehead atoms. The standard InChI is InChI=1S/Al.B.HOP/c;;1-2/h;;2H. The van der Waals surface area contributed by atoms with Crippen molar-refractivity contribution in [1.29, 1.82) is 0 Å². The molecule has 6 radical (unpaired) electrons. The lowest BCUT2D eigenvalue weighted by atomic mass is 10.8. The first-order valence-corrected chi connectivity index (χ1v) is 0.612. The third-order valence-electron chi connectivity index (χ3n) is 0. The van der Waals surface area contributed by atoms with Crippen LogP contribution in [0.2, 0.25) is 0 Å². The van der Waals surface area contributed by atoms with E-state index < -0.39 is 0 Å². The van der Waals surface area contributed by atoms with E-state index in [0.717, 1.165) is 0 Å². The van der Waals surface area contributed by atoms with Gasteiger partial charge in [-0.2, -0.15) is 0 Å². The lowest BCUT2D eigenvalue weighted by Gasteiger charge is -0.807. The summed E-state index contributed by atoms with van der Waals surface area (Å²) in [6.45, 7) is 0.